The molecule has 0 saturated carbocycles. The standard InChI is InChI=1S/C13H13NO4/c1-8-3-5-9(6-4-8)13-12(14-13,11(16)17-2)7-10(15)18-13/h3-6,14H,7H2,1-2H3/t12-,13-/m0/s1. The molecular formula is C13H13NO4. The largest absolute Gasteiger partial charge is 0.467 e. The highest BCUT2D eigenvalue weighted by Crippen LogP contribution is 2.56. The molecule has 1 aromatic carbocycles. The predicted molar refractivity (Wildman–Crippen MR) is 61.4 cm³/mol. The normalized spacial score (nSPS) is 32.7. The number of fused-ring (bicyclic) bond motifs is 1. The van der Waals surface area contributed by atoms with Crippen LogP contribution in [0, 0.1) is 6.92 Å². The molecule has 2 saturated heterocycles. The fraction of sp³-hybridized carbons (Fsp3) is 0.385. The van der Waals surface area contributed by atoms with Gasteiger partial charge in [0.15, 0.2) is 5.54 Å². The summed E-state index contributed by atoms with van der Waals surface area (Å²) in [5.74, 6) is -0.853. The second-order valence-electron chi connectivity index (χ2n) is 4.72. The number of ether oxygens (including phenoxy) is 2. The molecule has 1 N–H and O–H groups in total. The molecule has 2 heterocycles. The van der Waals surface area contributed by atoms with Gasteiger partial charge in [0, 0.05) is 5.56 Å². The van der Waals surface area contributed by atoms with E-state index in [1.807, 2.05) is 31.2 Å². The van der Waals surface area contributed by atoms with Gasteiger partial charge in [0.2, 0.25) is 5.72 Å². The summed E-state index contributed by atoms with van der Waals surface area (Å²) >= 11 is 0. The second-order valence-corrected chi connectivity index (χ2v) is 4.72. The lowest BCUT2D eigenvalue weighted by molar-refractivity contribution is -0.146. The number of hydrogen-bond acceptors (Lipinski definition) is 5. The summed E-state index contributed by atoms with van der Waals surface area (Å²) in [6.07, 6.45) is 0.00749. The molecule has 18 heavy (non-hydrogen) atoms. The van der Waals surface area contributed by atoms with Crippen LogP contribution in [0.1, 0.15) is 17.5 Å². The smallest absolute Gasteiger partial charge is 0.332 e. The highest BCUT2D eigenvalue weighted by molar-refractivity contribution is 5.96. The Labute approximate surface area is 104 Å². The lowest BCUT2D eigenvalue weighted by Gasteiger charge is -2.13. The van der Waals surface area contributed by atoms with E-state index in [1.165, 1.54) is 7.11 Å². The van der Waals surface area contributed by atoms with E-state index in [9.17, 15) is 9.59 Å². The molecule has 0 aromatic heterocycles. The zero-order chi connectivity index (χ0) is 13.0. The first kappa shape index (κ1) is 11.2. The van der Waals surface area contributed by atoms with E-state index in [0.29, 0.717) is 0 Å². The Morgan fingerprint density at radius 2 is 2.06 bits per heavy atom. The zero-order valence-corrected chi connectivity index (χ0v) is 10.1. The Kier molecular flexibility index (Phi) is 2.07. The van der Waals surface area contributed by atoms with E-state index < -0.39 is 17.2 Å². The Hall–Kier alpha value is -1.88. The highest BCUT2D eigenvalue weighted by atomic mass is 16.6. The molecule has 0 amide bonds. The topological polar surface area (TPSA) is 74.5 Å². The molecule has 0 aliphatic carbocycles. The van der Waals surface area contributed by atoms with Crippen molar-refractivity contribution in [1.29, 1.82) is 0 Å². The third kappa shape index (κ3) is 1.19. The van der Waals surface area contributed by atoms with Gasteiger partial charge in [0.25, 0.3) is 0 Å². The average Bonchev–Trinajstić information content (AvgIpc) is 2.89. The monoisotopic (exact) mass is 247 g/mol. The average molecular weight is 247 g/mol. The van der Waals surface area contributed by atoms with Crippen molar-refractivity contribution in [3.05, 3.63) is 35.4 Å². The van der Waals surface area contributed by atoms with Crippen LogP contribution in [-0.4, -0.2) is 24.6 Å². The van der Waals surface area contributed by atoms with Gasteiger partial charge < -0.3 is 9.47 Å². The number of methoxy groups -OCH3 is 1. The lowest BCUT2D eigenvalue weighted by atomic mass is 9.95. The summed E-state index contributed by atoms with van der Waals surface area (Å²) in [5, 5.41) is 2.99. The van der Waals surface area contributed by atoms with Crippen molar-refractivity contribution >= 4 is 11.9 Å². The van der Waals surface area contributed by atoms with Crippen LogP contribution in [0.3, 0.4) is 0 Å². The number of nitrogens with one attached hydrogen (secondary N) is 1. The van der Waals surface area contributed by atoms with Crippen LogP contribution in [0.5, 0.6) is 0 Å². The fourth-order valence-electron chi connectivity index (χ4n) is 2.58. The molecule has 0 spiro atoms. The first-order chi connectivity index (χ1) is 8.54. The number of rotatable bonds is 2. The van der Waals surface area contributed by atoms with E-state index >= 15 is 0 Å². The SMILES string of the molecule is COC(=O)[C@@]12CC(=O)O[C@]1(c1ccc(C)cc1)N2. The Bertz CT molecular complexity index is 538. The molecule has 5 nitrogen and oxygen atoms in total. The number of hydrogen-bond donors (Lipinski definition) is 1. The van der Waals surface area contributed by atoms with Crippen molar-refractivity contribution in [2.24, 2.45) is 0 Å². The minimum atomic E-state index is -1.05. The summed E-state index contributed by atoms with van der Waals surface area (Å²) in [7, 11) is 1.31. The predicted octanol–water partition coefficient (Wildman–Crippen LogP) is 0.610. The number of esters is 2. The maximum absolute atomic E-state index is 11.9. The number of benzene rings is 1. The van der Waals surface area contributed by atoms with Gasteiger partial charge in [0.05, 0.1) is 13.5 Å². The van der Waals surface area contributed by atoms with Gasteiger partial charge in [-0.2, -0.15) is 0 Å². The highest BCUT2D eigenvalue weighted by Gasteiger charge is 2.81. The molecule has 2 aliphatic heterocycles. The Morgan fingerprint density at radius 1 is 1.39 bits per heavy atom. The molecule has 0 unspecified atom stereocenters. The van der Waals surface area contributed by atoms with E-state index in [0.717, 1.165) is 11.1 Å². The zero-order valence-electron chi connectivity index (χ0n) is 10.1. The minimum Gasteiger partial charge on any atom is -0.467 e. The van der Waals surface area contributed by atoms with Crippen molar-refractivity contribution in [3.63, 3.8) is 0 Å². The lowest BCUT2D eigenvalue weighted by Crippen LogP contribution is -2.31. The molecule has 3 rings (SSSR count). The maximum Gasteiger partial charge on any atom is 0.332 e. The van der Waals surface area contributed by atoms with Crippen LogP contribution in [-0.2, 0) is 24.8 Å². The van der Waals surface area contributed by atoms with Gasteiger partial charge in [-0.15, -0.1) is 0 Å². The summed E-state index contributed by atoms with van der Waals surface area (Å²) in [6, 6.07) is 7.54. The van der Waals surface area contributed by atoms with Crippen LogP contribution in [0.4, 0.5) is 0 Å². The molecule has 1 aromatic rings. The van der Waals surface area contributed by atoms with Crippen LogP contribution < -0.4 is 5.32 Å². The van der Waals surface area contributed by atoms with Crippen molar-refractivity contribution in [2.45, 2.75) is 24.6 Å². The molecule has 5 heteroatoms. The van der Waals surface area contributed by atoms with Gasteiger partial charge in [-0.05, 0) is 6.92 Å². The maximum atomic E-state index is 11.9. The summed E-state index contributed by atoms with van der Waals surface area (Å²) in [4.78, 5) is 23.3. The number of carbonyl (C=O) groups is 2. The van der Waals surface area contributed by atoms with Gasteiger partial charge in [0.1, 0.15) is 0 Å². The van der Waals surface area contributed by atoms with Gasteiger partial charge in [-0.1, -0.05) is 29.8 Å². The Balaban J connectivity index is 2.03. The van der Waals surface area contributed by atoms with Crippen molar-refractivity contribution in [3.8, 4) is 0 Å². The third-order valence-electron chi connectivity index (χ3n) is 3.60. The minimum absolute atomic E-state index is 0.00749. The van der Waals surface area contributed by atoms with E-state index in [4.69, 9.17) is 9.47 Å². The van der Waals surface area contributed by atoms with Crippen molar-refractivity contribution in [2.75, 3.05) is 7.11 Å². The molecular weight excluding hydrogens is 234 g/mol. The van der Waals surface area contributed by atoms with E-state index in [-0.39, 0.29) is 12.4 Å². The number of aryl methyl sites for hydroxylation is 1. The van der Waals surface area contributed by atoms with Crippen LogP contribution in [0.2, 0.25) is 0 Å². The first-order valence-electron chi connectivity index (χ1n) is 5.71. The quantitative estimate of drug-likeness (QED) is 0.612. The first-order valence-corrected chi connectivity index (χ1v) is 5.71. The van der Waals surface area contributed by atoms with Crippen LogP contribution in [0.25, 0.3) is 0 Å². The Morgan fingerprint density at radius 3 is 2.67 bits per heavy atom. The fourth-order valence-corrected chi connectivity index (χ4v) is 2.58. The van der Waals surface area contributed by atoms with Gasteiger partial charge in [-0.25, -0.2) is 4.79 Å². The van der Waals surface area contributed by atoms with E-state index in [1.54, 1.807) is 0 Å². The number of carbonyl (C=O) groups excluding carboxylic acids is 2. The summed E-state index contributed by atoms with van der Waals surface area (Å²) in [6.45, 7) is 1.97. The van der Waals surface area contributed by atoms with Gasteiger partial charge in [-0.3, -0.25) is 10.1 Å². The van der Waals surface area contributed by atoms with Gasteiger partial charge >= 0.3 is 11.9 Å². The summed E-state index contributed by atoms with van der Waals surface area (Å²) in [5.41, 5.74) is -0.216. The molecule has 94 valence electrons. The van der Waals surface area contributed by atoms with E-state index in [2.05, 4.69) is 5.32 Å². The van der Waals surface area contributed by atoms with Crippen molar-refractivity contribution in [1.82, 2.24) is 5.32 Å². The molecule has 2 fully saturated rings. The van der Waals surface area contributed by atoms with Crippen molar-refractivity contribution < 1.29 is 19.1 Å². The van der Waals surface area contributed by atoms with Crippen LogP contribution >= 0.6 is 0 Å². The molecule has 0 bridgehead atoms. The summed E-state index contributed by atoms with van der Waals surface area (Å²) < 4.78 is 10.1. The molecule has 2 atom stereocenters. The molecule has 0 radical (unpaired) electrons. The second kappa shape index (κ2) is 3.32. The molecule has 2 aliphatic rings. The third-order valence-corrected chi connectivity index (χ3v) is 3.60. The van der Waals surface area contributed by atoms with Crippen LogP contribution in [0.15, 0.2) is 24.3 Å².